The number of aliphatic carboxylic acids is 1. The second kappa shape index (κ2) is 11.4. The van der Waals surface area contributed by atoms with Crippen LogP contribution in [-0.4, -0.2) is 66.2 Å². The van der Waals surface area contributed by atoms with Crippen molar-refractivity contribution >= 4 is 41.1 Å². The van der Waals surface area contributed by atoms with E-state index in [1.54, 1.807) is 24.3 Å². The molecule has 2 aliphatic rings. The maximum atomic E-state index is 13.3. The minimum Gasteiger partial charge on any atom is -0.475 e. The second-order valence-electron chi connectivity index (χ2n) is 7.85. The number of carboxylic acid groups (broad SMARTS) is 1. The topological polar surface area (TPSA) is 119 Å². The van der Waals surface area contributed by atoms with E-state index in [-0.39, 0.29) is 30.8 Å². The van der Waals surface area contributed by atoms with Gasteiger partial charge in [0.05, 0.1) is 6.04 Å². The van der Waals surface area contributed by atoms with Crippen LogP contribution in [0.15, 0.2) is 48.5 Å². The Labute approximate surface area is 208 Å². The lowest BCUT2D eigenvalue weighted by Crippen LogP contribution is -2.50. The van der Waals surface area contributed by atoms with Crippen LogP contribution in [-0.2, 0) is 9.59 Å². The first-order chi connectivity index (χ1) is 17.0. The Morgan fingerprint density at radius 3 is 2.39 bits per heavy atom. The van der Waals surface area contributed by atoms with Crippen molar-refractivity contribution < 1.29 is 37.5 Å². The Balaban J connectivity index is 0.000000454. The van der Waals surface area contributed by atoms with Crippen LogP contribution in [0.3, 0.4) is 0 Å². The van der Waals surface area contributed by atoms with Crippen LogP contribution in [0.2, 0.25) is 5.02 Å². The number of imide groups is 1. The fraction of sp³-hybridized carbons (Fsp3) is 0.304. The summed E-state index contributed by atoms with van der Waals surface area (Å²) in [7, 11) is 0. The monoisotopic (exact) mass is 526 g/mol. The van der Waals surface area contributed by atoms with Crippen molar-refractivity contribution in [1.29, 1.82) is 0 Å². The molecule has 2 fully saturated rings. The van der Waals surface area contributed by atoms with Crippen LogP contribution in [0, 0.1) is 0 Å². The molecule has 0 aliphatic carbocycles. The smallest absolute Gasteiger partial charge is 0.475 e. The SMILES string of the molecule is O=C(O)C(F)(F)F.O=C1CCN(c2cccc(C(=O)N3CCNCC3c3ccccc3Cl)c2)C(=O)N1. The molecule has 192 valence electrons. The molecule has 13 heteroatoms. The number of rotatable bonds is 3. The van der Waals surface area contributed by atoms with Gasteiger partial charge in [0.2, 0.25) is 5.91 Å². The molecule has 1 unspecified atom stereocenters. The third kappa shape index (κ3) is 6.52. The molecule has 9 nitrogen and oxygen atoms in total. The maximum absolute atomic E-state index is 13.3. The van der Waals surface area contributed by atoms with Crippen LogP contribution >= 0.6 is 11.6 Å². The summed E-state index contributed by atoms with van der Waals surface area (Å²) in [5.74, 6) is -3.17. The van der Waals surface area contributed by atoms with Gasteiger partial charge in [0.15, 0.2) is 0 Å². The standard InChI is InChI=1S/C21H21ClN4O3.C2HF3O2/c22-17-7-2-1-6-16(17)18-13-23-9-11-26(18)20(28)14-4-3-5-15(12-14)25-10-8-19(27)24-21(25)29;3-2(4,5)1(6)7/h1-7,12,18,23H,8-11,13H2,(H,24,27,29);(H,6,7). The zero-order valence-electron chi connectivity index (χ0n) is 18.7. The van der Waals surface area contributed by atoms with Crippen LogP contribution in [0.1, 0.15) is 28.4 Å². The van der Waals surface area contributed by atoms with Gasteiger partial charge >= 0.3 is 18.2 Å². The van der Waals surface area contributed by atoms with Crippen LogP contribution in [0.4, 0.5) is 23.7 Å². The van der Waals surface area contributed by atoms with Gasteiger partial charge in [0, 0.05) is 48.9 Å². The number of piperazine rings is 1. The van der Waals surface area contributed by atoms with Gasteiger partial charge in [0.1, 0.15) is 0 Å². The summed E-state index contributed by atoms with van der Waals surface area (Å²) in [4.78, 5) is 49.1. The van der Waals surface area contributed by atoms with Gasteiger partial charge in [-0.3, -0.25) is 19.8 Å². The van der Waals surface area contributed by atoms with Crippen molar-refractivity contribution in [3.63, 3.8) is 0 Å². The zero-order valence-corrected chi connectivity index (χ0v) is 19.5. The van der Waals surface area contributed by atoms with E-state index in [1.807, 2.05) is 29.2 Å². The van der Waals surface area contributed by atoms with Crippen molar-refractivity contribution in [2.24, 2.45) is 0 Å². The normalized spacial score (nSPS) is 18.2. The molecule has 2 aromatic rings. The number of halogens is 4. The number of nitrogens with one attached hydrogen (secondary N) is 2. The fourth-order valence-corrected chi connectivity index (χ4v) is 4.02. The van der Waals surface area contributed by atoms with E-state index in [4.69, 9.17) is 21.5 Å². The Hall–Kier alpha value is -3.64. The average Bonchev–Trinajstić information content (AvgIpc) is 2.84. The molecule has 2 aromatic carbocycles. The van der Waals surface area contributed by atoms with Gasteiger partial charge in [-0.15, -0.1) is 0 Å². The van der Waals surface area contributed by atoms with Gasteiger partial charge in [-0.05, 0) is 29.8 Å². The summed E-state index contributed by atoms with van der Waals surface area (Å²) in [5.41, 5.74) is 1.98. The van der Waals surface area contributed by atoms with Crippen molar-refractivity contribution in [2.75, 3.05) is 31.1 Å². The number of nitrogens with zero attached hydrogens (tertiary/aromatic N) is 2. The Morgan fingerprint density at radius 2 is 1.75 bits per heavy atom. The van der Waals surface area contributed by atoms with Crippen LogP contribution < -0.4 is 15.5 Å². The highest BCUT2D eigenvalue weighted by Gasteiger charge is 2.38. The maximum Gasteiger partial charge on any atom is 0.490 e. The lowest BCUT2D eigenvalue weighted by atomic mass is 10.0. The zero-order chi connectivity index (χ0) is 26.5. The predicted octanol–water partition coefficient (Wildman–Crippen LogP) is 3.21. The van der Waals surface area contributed by atoms with Gasteiger partial charge in [-0.25, -0.2) is 9.59 Å². The number of carbonyl (C=O) groups excluding carboxylic acids is 3. The first-order valence-electron chi connectivity index (χ1n) is 10.8. The van der Waals surface area contributed by atoms with E-state index in [2.05, 4.69) is 10.6 Å². The van der Waals surface area contributed by atoms with Gasteiger partial charge < -0.3 is 15.3 Å². The van der Waals surface area contributed by atoms with Crippen molar-refractivity contribution in [3.8, 4) is 0 Å². The summed E-state index contributed by atoms with van der Waals surface area (Å²) in [6.45, 7) is 2.16. The van der Waals surface area contributed by atoms with Crippen molar-refractivity contribution in [2.45, 2.75) is 18.6 Å². The highest BCUT2D eigenvalue weighted by Crippen LogP contribution is 2.30. The number of urea groups is 1. The summed E-state index contributed by atoms with van der Waals surface area (Å²) < 4.78 is 31.7. The highest BCUT2D eigenvalue weighted by atomic mass is 35.5. The Bertz CT molecular complexity index is 1160. The number of alkyl halides is 3. The molecular formula is C23H22ClF3N4O5. The number of carboxylic acids is 1. The third-order valence-corrected chi connectivity index (χ3v) is 5.81. The Morgan fingerprint density at radius 1 is 1.06 bits per heavy atom. The molecule has 0 aromatic heterocycles. The minimum absolute atomic E-state index is 0.119. The van der Waals surface area contributed by atoms with E-state index >= 15 is 0 Å². The average molecular weight is 527 g/mol. The van der Waals surface area contributed by atoms with E-state index in [0.717, 1.165) is 5.56 Å². The first kappa shape index (κ1) is 27.0. The van der Waals surface area contributed by atoms with Crippen LogP contribution in [0.25, 0.3) is 0 Å². The lowest BCUT2D eigenvalue weighted by molar-refractivity contribution is -0.192. The van der Waals surface area contributed by atoms with E-state index in [1.165, 1.54) is 4.90 Å². The molecule has 0 bridgehead atoms. The fourth-order valence-electron chi connectivity index (χ4n) is 3.75. The number of hydrogen-bond acceptors (Lipinski definition) is 5. The number of benzene rings is 2. The molecular weight excluding hydrogens is 505 g/mol. The molecule has 0 saturated carbocycles. The molecule has 3 N–H and O–H groups in total. The molecule has 2 saturated heterocycles. The third-order valence-electron chi connectivity index (χ3n) is 5.47. The number of amides is 4. The summed E-state index contributed by atoms with van der Waals surface area (Å²) in [6, 6.07) is 13.8. The number of carbonyl (C=O) groups is 4. The molecule has 36 heavy (non-hydrogen) atoms. The molecule has 2 heterocycles. The quantitative estimate of drug-likeness (QED) is 0.565. The summed E-state index contributed by atoms with van der Waals surface area (Å²) in [6.07, 6.45) is -4.85. The first-order valence-corrected chi connectivity index (χ1v) is 11.1. The minimum atomic E-state index is -5.08. The van der Waals surface area contributed by atoms with E-state index in [0.29, 0.717) is 35.9 Å². The van der Waals surface area contributed by atoms with Crippen molar-refractivity contribution in [1.82, 2.24) is 15.5 Å². The molecule has 4 rings (SSSR count). The molecule has 1 atom stereocenters. The second-order valence-corrected chi connectivity index (χ2v) is 8.26. The molecule has 2 aliphatic heterocycles. The van der Waals surface area contributed by atoms with Crippen LogP contribution in [0.5, 0.6) is 0 Å². The predicted molar refractivity (Wildman–Crippen MR) is 124 cm³/mol. The van der Waals surface area contributed by atoms with Gasteiger partial charge in [0.25, 0.3) is 5.91 Å². The van der Waals surface area contributed by atoms with E-state index < -0.39 is 18.2 Å². The number of anilines is 1. The highest BCUT2D eigenvalue weighted by molar-refractivity contribution is 6.31. The summed E-state index contributed by atoms with van der Waals surface area (Å²) >= 11 is 6.38. The molecule has 4 amide bonds. The Kier molecular flexibility index (Phi) is 8.53. The number of hydrogen-bond donors (Lipinski definition) is 3. The van der Waals surface area contributed by atoms with E-state index in [9.17, 15) is 27.6 Å². The molecule has 0 spiro atoms. The van der Waals surface area contributed by atoms with Gasteiger partial charge in [-0.2, -0.15) is 13.2 Å². The largest absolute Gasteiger partial charge is 0.490 e. The van der Waals surface area contributed by atoms with Crippen molar-refractivity contribution in [3.05, 3.63) is 64.7 Å². The summed E-state index contributed by atoms with van der Waals surface area (Å²) in [5, 5.41) is 13.4. The molecule has 0 radical (unpaired) electrons. The lowest BCUT2D eigenvalue weighted by Gasteiger charge is -2.37. The van der Waals surface area contributed by atoms with Gasteiger partial charge in [-0.1, -0.05) is 35.9 Å².